The van der Waals surface area contributed by atoms with Gasteiger partial charge in [0.25, 0.3) is 0 Å². The molecule has 0 spiro atoms. The van der Waals surface area contributed by atoms with Gasteiger partial charge in [0.2, 0.25) is 0 Å². The number of likely N-dealkylation sites (tertiary alicyclic amines) is 3. The molecule has 5 aliphatic heterocycles. The van der Waals surface area contributed by atoms with Crippen molar-refractivity contribution in [3.8, 4) is 0 Å². The number of ether oxygens (including phenoxy) is 1. The van der Waals surface area contributed by atoms with Crippen LogP contribution in [0, 0.1) is 27.6 Å². The van der Waals surface area contributed by atoms with Crippen LogP contribution in [0.1, 0.15) is 280 Å². The average Bonchev–Trinajstić information content (AvgIpc) is 3.59. The number of piperidine rings is 1. The third-order valence-corrected chi connectivity index (χ3v) is 13.4. The van der Waals surface area contributed by atoms with Crippen LogP contribution in [0.3, 0.4) is 0 Å². The largest absolute Gasteiger partial charge is 0.379 e. The predicted molar refractivity (Wildman–Crippen MR) is 334 cm³/mol. The minimum Gasteiger partial charge on any atom is -0.379 e. The SMILES string of the molecule is CC(C)(C)C.CC(C)(C)C.CC(C)(C)C.CC(C)(C)C1CCN(C(C)(C)C)CC1.CC(C)(C)N1CCCC1.CC(C)(C)N1CCCCCC1.CC(C)(C)N1CCN(C(C)(C)C)CC1.CC(C)(C)N1CCOCC1. The molecule has 73 heavy (non-hydrogen) atoms. The molecule has 7 heteroatoms. The molecule has 0 amide bonds. The van der Waals surface area contributed by atoms with Gasteiger partial charge in [0.05, 0.1) is 13.2 Å². The van der Waals surface area contributed by atoms with E-state index >= 15 is 0 Å². The Hall–Kier alpha value is -0.280. The van der Waals surface area contributed by atoms with Crippen LogP contribution in [0.4, 0.5) is 0 Å². The fourth-order valence-corrected chi connectivity index (χ4v) is 8.83. The van der Waals surface area contributed by atoms with Crippen molar-refractivity contribution >= 4 is 0 Å². The summed E-state index contributed by atoms with van der Waals surface area (Å²) in [7, 11) is 0. The zero-order valence-electron chi connectivity index (χ0n) is 57.2. The summed E-state index contributed by atoms with van der Waals surface area (Å²) in [5.74, 6) is 0.918. The van der Waals surface area contributed by atoms with Gasteiger partial charge in [0.15, 0.2) is 0 Å². The van der Waals surface area contributed by atoms with Crippen LogP contribution < -0.4 is 0 Å². The first-order chi connectivity index (χ1) is 32.2. The van der Waals surface area contributed by atoms with Crippen LogP contribution in [0.2, 0.25) is 0 Å². The fraction of sp³-hybridized carbons (Fsp3) is 1.00. The highest BCUT2D eigenvalue weighted by Gasteiger charge is 2.33. The van der Waals surface area contributed by atoms with Gasteiger partial charge < -0.3 is 4.74 Å². The van der Waals surface area contributed by atoms with E-state index in [9.17, 15) is 0 Å². The summed E-state index contributed by atoms with van der Waals surface area (Å²) in [5, 5.41) is 0. The monoisotopic (exact) mass is 1040 g/mol. The molecule has 0 aromatic carbocycles. The van der Waals surface area contributed by atoms with E-state index in [-0.39, 0.29) is 0 Å². The van der Waals surface area contributed by atoms with E-state index in [0.29, 0.717) is 54.9 Å². The van der Waals surface area contributed by atoms with E-state index in [1.54, 1.807) is 0 Å². The lowest BCUT2D eigenvalue weighted by molar-refractivity contribution is -0.00389. The second-order valence-corrected chi connectivity index (χ2v) is 34.3. The lowest BCUT2D eigenvalue weighted by Crippen LogP contribution is -2.57. The van der Waals surface area contributed by atoms with Gasteiger partial charge in [-0.3, -0.25) is 29.4 Å². The maximum absolute atomic E-state index is 5.25. The predicted octanol–water partition coefficient (Wildman–Crippen LogP) is 17.6. The van der Waals surface area contributed by atoms with Crippen molar-refractivity contribution in [1.29, 1.82) is 0 Å². The summed E-state index contributed by atoms with van der Waals surface area (Å²) < 4.78 is 5.25. The van der Waals surface area contributed by atoms with Gasteiger partial charge in [0, 0.05) is 72.5 Å². The second kappa shape index (κ2) is 33.3. The molecule has 0 aromatic heterocycles. The van der Waals surface area contributed by atoms with Crippen LogP contribution in [0.15, 0.2) is 0 Å². The maximum Gasteiger partial charge on any atom is 0.0594 e. The third kappa shape index (κ3) is 47.4. The van der Waals surface area contributed by atoms with Gasteiger partial charge in [-0.15, -0.1) is 0 Å². The van der Waals surface area contributed by atoms with E-state index < -0.39 is 0 Å². The maximum atomic E-state index is 5.25. The molecule has 5 fully saturated rings. The summed E-state index contributed by atoms with van der Waals surface area (Å²) in [5.41, 5.74) is 4.17. The molecule has 0 aromatic rings. The Kier molecular flexibility index (Phi) is 35.1. The van der Waals surface area contributed by atoms with Crippen molar-refractivity contribution in [2.45, 2.75) is 313 Å². The van der Waals surface area contributed by atoms with Gasteiger partial charge in [-0.1, -0.05) is 117 Å². The van der Waals surface area contributed by atoms with Crippen molar-refractivity contribution < 1.29 is 4.74 Å². The van der Waals surface area contributed by atoms with E-state index in [1.807, 2.05) is 0 Å². The Labute approximate surface area is 464 Å². The van der Waals surface area contributed by atoms with Crippen molar-refractivity contribution in [2.24, 2.45) is 27.6 Å². The van der Waals surface area contributed by atoms with Gasteiger partial charge in [-0.2, -0.15) is 0 Å². The summed E-state index contributed by atoms with van der Waals surface area (Å²) in [4.78, 5) is 15.4. The molecule has 0 saturated carbocycles. The van der Waals surface area contributed by atoms with Crippen LogP contribution in [0.25, 0.3) is 0 Å². The van der Waals surface area contributed by atoms with Crippen LogP contribution in [-0.2, 0) is 4.74 Å². The van der Waals surface area contributed by atoms with Gasteiger partial charge in [-0.05, 0) is 230 Å². The molecule has 0 bridgehead atoms. The third-order valence-electron chi connectivity index (χ3n) is 13.4. The molecule has 0 aliphatic carbocycles. The zero-order valence-corrected chi connectivity index (χ0v) is 57.2. The van der Waals surface area contributed by atoms with Crippen LogP contribution >= 0.6 is 0 Å². The second-order valence-electron chi connectivity index (χ2n) is 34.3. The fourth-order valence-electron chi connectivity index (χ4n) is 8.83. The zero-order chi connectivity index (χ0) is 58.3. The van der Waals surface area contributed by atoms with Gasteiger partial charge in [-0.25, -0.2) is 0 Å². The first-order valence-electron chi connectivity index (χ1n) is 30.3. The van der Waals surface area contributed by atoms with E-state index in [4.69, 9.17) is 4.74 Å². The molecular formula is C66H144N6O. The molecular weight excluding hydrogens is 893 g/mol. The summed E-state index contributed by atoms with van der Waals surface area (Å²) >= 11 is 0. The number of hydrogen-bond acceptors (Lipinski definition) is 7. The quantitative estimate of drug-likeness (QED) is 0.239. The van der Waals surface area contributed by atoms with Gasteiger partial charge >= 0.3 is 0 Å². The summed E-state index contributed by atoms with van der Waals surface area (Å²) in [6.07, 6.45) is 11.2. The minimum atomic E-state index is 0.323. The Bertz CT molecular complexity index is 1170. The molecule has 0 N–H and O–H groups in total. The Morgan fingerprint density at radius 2 is 0.411 bits per heavy atom. The lowest BCUT2D eigenvalue weighted by atomic mass is 9.75. The van der Waals surface area contributed by atoms with Crippen LogP contribution in [0.5, 0.6) is 0 Å². The van der Waals surface area contributed by atoms with E-state index in [0.717, 1.165) is 32.2 Å². The molecule has 0 unspecified atom stereocenters. The highest BCUT2D eigenvalue weighted by molar-refractivity contribution is 4.88. The van der Waals surface area contributed by atoms with Crippen molar-refractivity contribution in [3.63, 3.8) is 0 Å². The standard InChI is InChI=1S/C13H27N.C12H26N2.C10H21N.C8H17NO.C8H17N.3C5H12/c1-12(2,3)11-7-9-14(10-8-11)13(4,5)6;1-11(2,3)13-7-9-14(10-8-13)12(4,5)6;1-10(2,3)11-8-6-4-5-7-9-11;1-8(2,3)9-4-6-10-7-5-9;1-8(2,3)9-6-4-5-7-9;3*1-5(2,3)4/h11H,7-10H2,1-6H3;7-10H2,1-6H3;4-9H2,1-3H3;4-7H2,1-3H3;4-7H2,1-3H3;3*1-4H3. The number of hydrogen-bond donors (Lipinski definition) is 0. The number of morpholine rings is 1. The molecule has 0 atom stereocenters. The average molecular weight is 1040 g/mol. The number of piperazine rings is 1. The Balaban J connectivity index is -0.000000789. The lowest BCUT2D eigenvalue weighted by Gasteiger charge is -2.46. The number of nitrogens with zero attached hydrogens (tertiary/aromatic N) is 6. The molecule has 0 radical (unpaired) electrons. The van der Waals surface area contributed by atoms with E-state index in [1.165, 1.54) is 117 Å². The summed E-state index contributed by atoms with van der Waals surface area (Å²) in [6.45, 7) is 91.4. The van der Waals surface area contributed by atoms with Crippen molar-refractivity contribution in [3.05, 3.63) is 0 Å². The molecule has 5 heterocycles. The van der Waals surface area contributed by atoms with Crippen LogP contribution in [-0.4, -0.2) is 154 Å². The minimum absolute atomic E-state index is 0.323. The first kappa shape index (κ1) is 77.0. The molecule has 7 nitrogen and oxygen atoms in total. The molecule has 444 valence electrons. The molecule has 5 aliphatic rings. The smallest absolute Gasteiger partial charge is 0.0594 e. The normalized spacial score (nSPS) is 20.7. The van der Waals surface area contributed by atoms with E-state index in [2.05, 4.69) is 258 Å². The van der Waals surface area contributed by atoms with Crippen molar-refractivity contribution in [1.82, 2.24) is 29.4 Å². The van der Waals surface area contributed by atoms with Gasteiger partial charge in [0.1, 0.15) is 0 Å². The number of rotatable bonds is 0. The van der Waals surface area contributed by atoms with Crippen molar-refractivity contribution in [2.75, 3.05) is 91.8 Å². The summed E-state index contributed by atoms with van der Waals surface area (Å²) in [6, 6.07) is 0. The Morgan fingerprint density at radius 3 is 0.603 bits per heavy atom. The first-order valence-corrected chi connectivity index (χ1v) is 30.3. The topological polar surface area (TPSA) is 28.7 Å². The highest BCUT2D eigenvalue weighted by atomic mass is 16.5. The molecule has 5 saturated heterocycles. The Morgan fingerprint density at radius 1 is 0.233 bits per heavy atom. The highest BCUT2D eigenvalue weighted by Crippen LogP contribution is 2.36. The molecule has 5 rings (SSSR count).